The number of hydrogen-bond donors (Lipinski definition) is 1. The fourth-order valence-electron chi connectivity index (χ4n) is 3.93. The molecule has 2 aliphatic rings. The van der Waals surface area contributed by atoms with Crippen LogP contribution >= 0.6 is 11.6 Å². The van der Waals surface area contributed by atoms with Gasteiger partial charge >= 0.3 is 0 Å². The van der Waals surface area contributed by atoms with Gasteiger partial charge in [-0.2, -0.15) is 0 Å². The first kappa shape index (κ1) is 12.3. The number of fused-ring (bicyclic) bond motifs is 2. The second-order valence-electron chi connectivity index (χ2n) is 5.75. The minimum atomic E-state index is 0.0638. The van der Waals surface area contributed by atoms with Crippen molar-refractivity contribution in [2.75, 3.05) is 7.11 Å². The maximum absolute atomic E-state index is 6.49. The molecule has 0 spiro atoms. The van der Waals surface area contributed by atoms with E-state index in [4.69, 9.17) is 22.1 Å². The molecule has 3 heteroatoms. The summed E-state index contributed by atoms with van der Waals surface area (Å²) in [5, 5.41) is 0.740. The predicted molar refractivity (Wildman–Crippen MR) is 73.9 cm³/mol. The Hall–Kier alpha value is -0.730. The summed E-state index contributed by atoms with van der Waals surface area (Å²) in [6.07, 6.45) is 5.41. The molecule has 4 unspecified atom stereocenters. The van der Waals surface area contributed by atoms with Gasteiger partial charge in [0.05, 0.1) is 7.11 Å². The van der Waals surface area contributed by atoms with Crippen LogP contribution in [0.4, 0.5) is 0 Å². The van der Waals surface area contributed by atoms with Crippen molar-refractivity contribution in [3.8, 4) is 5.75 Å². The van der Waals surface area contributed by atoms with E-state index >= 15 is 0 Å². The van der Waals surface area contributed by atoms with Crippen LogP contribution in [0.15, 0.2) is 18.2 Å². The van der Waals surface area contributed by atoms with Gasteiger partial charge in [0.15, 0.2) is 0 Å². The molecular formula is C15H20ClNO. The quantitative estimate of drug-likeness (QED) is 0.903. The molecule has 0 aromatic heterocycles. The van der Waals surface area contributed by atoms with Gasteiger partial charge in [0.2, 0.25) is 0 Å². The minimum Gasteiger partial charge on any atom is -0.496 e. The molecule has 3 rings (SSSR count). The topological polar surface area (TPSA) is 35.2 Å². The lowest BCUT2D eigenvalue weighted by molar-refractivity contribution is 0.279. The zero-order valence-corrected chi connectivity index (χ0v) is 11.5. The third kappa shape index (κ3) is 2.02. The molecule has 2 nitrogen and oxygen atoms in total. The second kappa shape index (κ2) is 4.75. The van der Waals surface area contributed by atoms with Crippen molar-refractivity contribution in [2.45, 2.75) is 31.7 Å². The SMILES string of the molecule is COc1ccc(Cl)cc1C(N)C1CC2CCC1C2. The molecule has 1 aromatic rings. The van der Waals surface area contributed by atoms with Crippen LogP contribution in [0.25, 0.3) is 0 Å². The first-order valence-corrected chi connectivity index (χ1v) is 7.16. The normalized spacial score (nSPS) is 31.6. The van der Waals surface area contributed by atoms with Gasteiger partial charge in [-0.3, -0.25) is 0 Å². The van der Waals surface area contributed by atoms with Crippen LogP contribution in [-0.2, 0) is 0 Å². The average molecular weight is 266 g/mol. The Bertz CT molecular complexity index is 448. The Morgan fingerprint density at radius 2 is 2.17 bits per heavy atom. The van der Waals surface area contributed by atoms with Gasteiger partial charge in [-0.25, -0.2) is 0 Å². The first-order valence-electron chi connectivity index (χ1n) is 6.78. The van der Waals surface area contributed by atoms with E-state index in [1.165, 1.54) is 25.7 Å². The van der Waals surface area contributed by atoms with Crippen LogP contribution in [0.2, 0.25) is 5.02 Å². The number of nitrogens with two attached hydrogens (primary N) is 1. The van der Waals surface area contributed by atoms with Crippen molar-refractivity contribution < 1.29 is 4.74 Å². The van der Waals surface area contributed by atoms with E-state index in [9.17, 15) is 0 Å². The monoisotopic (exact) mass is 265 g/mol. The van der Waals surface area contributed by atoms with Crippen LogP contribution in [0.3, 0.4) is 0 Å². The zero-order chi connectivity index (χ0) is 12.7. The lowest BCUT2D eigenvalue weighted by atomic mass is 9.81. The Labute approximate surface area is 113 Å². The fourth-order valence-corrected chi connectivity index (χ4v) is 4.11. The molecule has 2 fully saturated rings. The molecule has 0 heterocycles. The van der Waals surface area contributed by atoms with Crippen LogP contribution in [0.5, 0.6) is 5.75 Å². The van der Waals surface area contributed by atoms with Gasteiger partial charge in [-0.1, -0.05) is 18.0 Å². The number of halogens is 1. The van der Waals surface area contributed by atoms with E-state index in [-0.39, 0.29) is 6.04 Å². The third-order valence-electron chi connectivity index (χ3n) is 4.80. The number of rotatable bonds is 3. The highest BCUT2D eigenvalue weighted by Gasteiger charge is 2.42. The summed E-state index contributed by atoms with van der Waals surface area (Å²) < 4.78 is 5.42. The van der Waals surface area contributed by atoms with Crippen molar-refractivity contribution in [3.05, 3.63) is 28.8 Å². The molecule has 0 saturated heterocycles. The summed E-state index contributed by atoms with van der Waals surface area (Å²) in [6, 6.07) is 5.81. The summed E-state index contributed by atoms with van der Waals surface area (Å²) in [6.45, 7) is 0. The maximum Gasteiger partial charge on any atom is 0.123 e. The van der Waals surface area contributed by atoms with Crippen LogP contribution < -0.4 is 10.5 Å². The average Bonchev–Trinajstić information content (AvgIpc) is 3.00. The summed E-state index contributed by atoms with van der Waals surface area (Å²) in [5.74, 6) is 3.20. The lowest BCUT2D eigenvalue weighted by Gasteiger charge is -2.29. The van der Waals surface area contributed by atoms with E-state index in [1.54, 1.807) is 7.11 Å². The van der Waals surface area contributed by atoms with Crippen molar-refractivity contribution in [1.82, 2.24) is 0 Å². The molecule has 4 atom stereocenters. The van der Waals surface area contributed by atoms with Gasteiger partial charge in [-0.15, -0.1) is 0 Å². The number of methoxy groups -OCH3 is 1. The summed E-state index contributed by atoms with van der Waals surface area (Å²) >= 11 is 6.09. The zero-order valence-electron chi connectivity index (χ0n) is 10.7. The van der Waals surface area contributed by atoms with Crippen LogP contribution in [0.1, 0.15) is 37.3 Å². The van der Waals surface area contributed by atoms with Crippen LogP contribution in [0, 0.1) is 17.8 Å². The molecule has 2 bridgehead atoms. The minimum absolute atomic E-state index is 0.0638. The molecule has 2 N–H and O–H groups in total. The van der Waals surface area contributed by atoms with E-state index in [0.717, 1.165) is 28.2 Å². The second-order valence-corrected chi connectivity index (χ2v) is 6.19. The number of hydrogen-bond acceptors (Lipinski definition) is 2. The predicted octanol–water partition coefficient (Wildman–Crippen LogP) is 3.78. The molecular weight excluding hydrogens is 246 g/mol. The number of ether oxygens (including phenoxy) is 1. The summed E-state index contributed by atoms with van der Waals surface area (Å²) in [5.41, 5.74) is 7.57. The van der Waals surface area contributed by atoms with Gasteiger partial charge in [0.25, 0.3) is 0 Å². The van der Waals surface area contributed by atoms with Crippen molar-refractivity contribution >= 4 is 11.6 Å². The van der Waals surface area contributed by atoms with E-state index < -0.39 is 0 Å². The molecule has 18 heavy (non-hydrogen) atoms. The van der Waals surface area contributed by atoms with Crippen molar-refractivity contribution in [2.24, 2.45) is 23.5 Å². The molecule has 0 amide bonds. The molecule has 1 aromatic carbocycles. The van der Waals surface area contributed by atoms with Gasteiger partial charge < -0.3 is 10.5 Å². The highest BCUT2D eigenvalue weighted by atomic mass is 35.5. The Balaban J connectivity index is 1.87. The van der Waals surface area contributed by atoms with Gasteiger partial charge in [0, 0.05) is 16.6 Å². The first-order chi connectivity index (χ1) is 8.69. The van der Waals surface area contributed by atoms with Crippen molar-refractivity contribution in [3.63, 3.8) is 0 Å². The Morgan fingerprint density at radius 3 is 2.78 bits per heavy atom. The highest BCUT2D eigenvalue weighted by Crippen LogP contribution is 2.52. The smallest absolute Gasteiger partial charge is 0.123 e. The van der Waals surface area contributed by atoms with E-state index in [1.807, 2.05) is 18.2 Å². The Kier molecular flexibility index (Phi) is 3.25. The largest absolute Gasteiger partial charge is 0.496 e. The fraction of sp³-hybridized carbons (Fsp3) is 0.600. The summed E-state index contributed by atoms with van der Waals surface area (Å²) in [7, 11) is 1.69. The molecule has 2 aliphatic carbocycles. The highest BCUT2D eigenvalue weighted by molar-refractivity contribution is 6.30. The Morgan fingerprint density at radius 1 is 1.33 bits per heavy atom. The maximum atomic E-state index is 6.49. The summed E-state index contributed by atoms with van der Waals surface area (Å²) in [4.78, 5) is 0. The third-order valence-corrected chi connectivity index (χ3v) is 5.04. The van der Waals surface area contributed by atoms with Gasteiger partial charge in [0.1, 0.15) is 5.75 Å². The molecule has 0 aliphatic heterocycles. The van der Waals surface area contributed by atoms with E-state index in [2.05, 4.69) is 0 Å². The van der Waals surface area contributed by atoms with Gasteiger partial charge in [-0.05, 0) is 55.2 Å². The van der Waals surface area contributed by atoms with Crippen LogP contribution in [-0.4, -0.2) is 7.11 Å². The number of benzene rings is 1. The molecule has 98 valence electrons. The lowest BCUT2D eigenvalue weighted by Crippen LogP contribution is -2.26. The molecule has 0 radical (unpaired) electrons. The standard InChI is InChI=1S/C15H20ClNO/c1-18-14-5-4-11(16)8-13(14)15(17)12-7-9-2-3-10(12)6-9/h4-5,8-10,12,15H,2-3,6-7,17H2,1H3. The van der Waals surface area contributed by atoms with E-state index in [0.29, 0.717) is 5.92 Å². The molecule has 2 saturated carbocycles. The van der Waals surface area contributed by atoms with Crippen molar-refractivity contribution in [1.29, 1.82) is 0 Å².